The van der Waals surface area contributed by atoms with Gasteiger partial charge in [-0.05, 0) is 6.07 Å². The van der Waals surface area contributed by atoms with Crippen LogP contribution < -0.4 is 10.6 Å². The van der Waals surface area contributed by atoms with Crippen molar-refractivity contribution in [1.82, 2.24) is 14.5 Å². The van der Waals surface area contributed by atoms with E-state index < -0.39 is 5.69 Å². The molecule has 31 heavy (non-hydrogen) atoms. The van der Waals surface area contributed by atoms with Gasteiger partial charge in [-0.2, -0.15) is 4.98 Å². The van der Waals surface area contributed by atoms with Gasteiger partial charge in [-0.1, -0.05) is 53.5 Å². The van der Waals surface area contributed by atoms with Crippen molar-refractivity contribution in [3.8, 4) is 0 Å². The predicted molar refractivity (Wildman–Crippen MR) is 122 cm³/mol. The Morgan fingerprint density at radius 2 is 1.58 bits per heavy atom. The summed E-state index contributed by atoms with van der Waals surface area (Å²) >= 11 is 12.4. The standard InChI is InChI=1S/C21H23Cl2N5O3/c22-18(23)20(28-7-6-17(24-21(28)29)26-8-12-30-13-9-26)25-19(16-4-2-1-3-5-16)27-10-14-31-15-11-27/h1-7H,8-15H2/b25-19+. The van der Waals surface area contributed by atoms with Gasteiger partial charge in [0.05, 0.1) is 26.4 Å². The molecule has 0 bridgehead atoms. The smallest absolute Gasteiger partial charge is 0.355 e. The molecular weight excluding hydrogens is 441 g/mol. The molecule has 2 aliphatic rings. The Morgan fingerprint density at radius 3 is 2.19 bits per heavy atom. The Bertz CT molecular complexity index is 1010. The van der Waals surface area contributed by atoms with Gasteiger partial charge in [0.15, 0.2) is 5.82 Å². The average molecular weight is 464 g/mol. The molecule has 10 heteroatoms. The number of ether oxygens (including phenoxy) is 2. The maximum Gasteiger partial charge on any atom is 0.355 e. The molecule has 0 amide bonds. The summed E-state index contributed by atoms with van der Waals surface area (Å²) < 4.78 is 12.0. The van der Waals surface area contributed by atoms with Gasteiger partial charge in [0.25, 0.3) is 0 Å². The van der Waals surface area contributed by atoms with Crippen LogP contribution in [0.5, 0.6) is 0 Å². The lowest BCUT2D eigenvalue weighted by Crippen LogP contribution is -2.41. The minimum Gasteiger partial charge on any atom is -0.378 e. The first kappa shape index (κ1) is 21.8. The van der Waals surface area contributed by atoms with Crippen molar-refractivity contribution in [3.63, 3.8) is 0 Å². The van der Waals surface area contributed by atoms with E-state index in [4.69, 9.17) is 37.7 Å². The van der Waals surface area contributed by atoms with Gasteiger partial charge in [0, 0.05) is 37.9 Å². The molecular formula is C21H23Cl2N5O3. The van der Waals surface area contributed by atoms with Crippen molar-refractivity contribution in [2.75, 3.05) is 57.5 Å². The van der Waals surface area contributed by atoms with Gasteiger partial charge in [0.2, 0.25) is 0 Å². The number of hydrogen-bond acceptors (Lipinski definition) is 6. The second kappa shape index (κ2) is 10.3. The van der Waals surface area contributed by atoms with E-state index in [-0.39, 0.29) is 10.3 Å². The fourth-order valence-electron chi connectivity index (χ4n) is 3.49. The fourth-order valence-corrected chi connectivity index (χ4v) is 3.76. The number of aromatic nitrogens is 2. The Labute approximate surface area is 190 Å². The van der Waals surface area contributed by atoms with Crippen molar-refractivity contribution in [2.24, 2.45) is 4.99 Å². The van der Waals surface area contributed by atoms with Crippen LogP contribution in [0.1, 0.15) is 5.56 Å². The third-order valence-corrected chi connectivity index (χ3v) is 5.41. The van der Waals surface area contributed by atoms with Crippen molar-refractivity contribution in [2.45, 2.75) is 0 Å². The van der Waals surface area contributed by atoms with E-state index >= 15 is 0 Å². The first-order valence-electron chi connectivity index (χ1n) is 10.1. The van der Waals surface area contributed by atoms with E-state index in [0.717, 1.165) is 5.56 Å². The van der Waals surface area contributed by atoms with Crippen LogP contribution >= 0.6 is 23.2 Å². The Hall–Kier alpha value is -2.39. The minimum atomic E-state index is -0.504. The van der Waals surface area contributed by atoms with Crippen molar-refractivity contribution >= 4 is 40.7 Å². The third kappa shape index (κ3) is 5.27. The molecule has 2 fully saturated rings. The summed E-state index contributed by atoms with van der Waals surface area (Å²) in [4.78, 5) is 25.9. The highest BCUT2D eigenvalue weighted by atomic mass is 35.5. The topological polar surface area (TPSA) is 72.2 Å². The number of anilines is 1. The predicted octanol–water partition coefficient (Wildman–Crippen LogP) is 2.42. The summed E-state index contributed by atoms with van der Waals surface area (Å²) in [6.45, 7) is 5.10. The van der Waals surface area contributed by atoms with Crippen LogP contribution in [0, 0.1) is 0 Å². The molecule has 2 aliphatic heterocycles. The molecule has 164 valence electrons. The Kier molecular flexibility index (Phi) is 7.24. The highest BCUT2D eigenvalue weighted by molar-refractivity contribution is 6.58. The summed E-state index contributed by atoms with van der Waals surface area (Å²) in [5.74, 6) is 1.39. The van der Waals surface area contributed by atoms with Crippen LogP contribution in [-0.4, -0.2) is 72.9 Å². The molecule has 8 nitrogen and oxygen atoms in total. The molecule has 0 aliphatic carbocycles. The largest absolute Gasteiger partial charge is 0.378 e. The van der Waals surface area contributed by atoms with E-state index in [2.05, 4.69) is 9.88 Å². The number of benzene rings is 1. The zero-order valence-electron chi connectivity index (χ0n) is 16.9. The van der Waals surface area contributed by atoms with Crippen molar-refractivity contribution in [3.05, 3.63) is 63.1 Å². The zero-order valence-corrected chi connectivity index (χ0v) is 18.4. The van der Waals surface area contributed by atoms with Crippen LogP contribution in [-0.2, 0) is 9.47 Å². The SMILES string of the molecule is O=c1nc(N2CCOCC2)ccn1C(/N=C(\c1ccccc1)N1CCOCC1)=C(Cl)Cl. The summed E-state index contributed by atoms with van der Waals surface area (Å²) in [7, 11) is 0. The first-order chi connectivity index (χ1) is 15.1. The van der Waals surface area contributed by atoms with E-state index in [0.29, 0.717) is 64.3 Å². The number of nitrogens with zero attached hydrogens (tertiary/aromatic N) is 5. The maximum atomic E-state index is 12.9. The number of rotatable bonds is 4. The first-order valence-corrected chi connectivity index (χ1v) is 10.8. The second-order valence-electron chi connectivity index (χ2n) is 7.02. The normalized spacial score (nSPS) is 17.5. The highest BCUT2D eigenvalue weighted by Crippen LogP contribution is 2.22. The zero-order chi connectivity index (χ0) is 21.6. The molecule has 0 atom stereocenters. The summed E-state index contributed by atoms with van der Waals surface area (Å²) in [6, 6.07) is 11.5. The lowest BCUT2D eigenvalue weighted by Gasteiger charge is -2.30. The van der Waals surface area contributed by atoms with Crippen molar-refractivity contribution < 1.29 is 9.47 Å². The lowest BCUT2D eigenvalue weighted by molar-refractivity contribution is 0.0683. The molecule has 0 saturated carbocycles. The van der Waals surface area contributed by atoms with Gasteiger partial charge in [-0.3, -0.25) is 0 Å². The van der Waals surface area contributed by atoms with E-state index in [1.807, 2.05) is 35.2 Å². The number of aliphatic imine (C=N–C) groups is 1. The van der Waals surface area contributed by atoms with E-state index in [9.17, 15) is 4.79 Å². The number of hydrogen-bond donors (Lipinski definition) is 0. The van der Waals surface area contributed by atoms with Gasteiger partial charge in [0.1, 0.15) is 16.1 Å². The van der Waals surface area contributed by atoms with Gasteiger partial charge < -0.3 is 19.3 Å². The second-order valence-corrected chi connectivity index (χ2v) is 7.97. The average Bonchev–Trinajstić information content (AvgIpc) is 2.82. The van der Waals surface area contributed by atoms with Crippen LogP contribution in [0.25, 0.3) is 5.82 Å². The molecule has 1 aromatic heterocycles. The molecule has 4 rings (SSSR count). The van der Waals surface area contributed by atoms with E-state index in [1.165, 1.54) is 4.57 Å². The van der Waals surface area contributed by atoms with Crippen LogP contribution in [0.4, 0.5) is 5.82 Å². The van der Waals surface area contributed by atoms with Crippen LogP contribution in [0.2, 0.25) is 0 Å². The summed E-state index contributed by atoms with van der Waals surface area (Å²) in [5, 5.41) is 0. The van der Waals surface area contributed by atoms with Gasteiger partial charge in [-0.15, -0.1) is 0 Å². The number of morpholine rings is 2. The summed E-state index contributed by atoms with van der Waals surface area (Å²) in [6.07, 6.45) is 1.60. The fraction of sp³-hybridized carbons (Fsp3) is 0.381. The van der Waals surface area contributed by atoms with E-state index in [1.54, 1.807) is 12.3 Å². The number of amidine groups is 1. The van der Waals surface area contributed by atoms with Crippen LogP contribution in [0.3, 0.4) is 0 Å². The molecule has 2 saturated heterocycles. The third-order valence-electron chi connectivity index (χ3n) is 5.08. The molecule has 1 aromatic carbocycles. The highest BCUT2D eigenvalue weighted by Gasteiger charge is 2.20. The van der Waals surface area contributed by atoms with Crippen molar-refractivity contribution in [1.29, 1.82) is 0 Å². The number of halogens is 2. The summed E-state index contributed by atoms with van der Waals surface area (Å²) in [5.41, 5.74) is 0.387. The Balaban J connectivity index is 1.72. The molecule has 0 N–H and O–H groups in total. The molecule has 0 unspecified atom stereocenters. The maximum absolute atomic E-state index is 12.9. The monoisotopic (exact) mass is 463 g/mol. The molecule has 3 heterocycles. The van der Waals surface area contributed by atoms with Gasteiger partial charge >= 0.3 is 5.69 Å². The molecule has 0 spiro atoms. The van der Waals surface area contributed by atoms with Crippen LogP contribution in [0.15, 0.2) is 56.9 Å². The minimum absolute atomic E-state index is 0.121. The molecule has 0 radical (unpaired) electrons. The molecule has 2 aromatic rings. The lowest BCUT2D eigenvalue weighted by atomic mass is 10.2. The van der Waals surface area contributed by atoms with Gasteiger partial charge in [-0.25, -0.2) is 14.4 Å². The quantitative estimate of drug-likeness (QED) is 0.512. The Morgan fingerprint density at radius 1 is 0.935 bits per heavy atom.